The van der Waals surface area contributed by atoms with Gasteiger partial charge in [0.2, 0.25) is 5.88 Å². The number of nitrogens with zero attached hydrogens (tertiary/aromatic N) is 3. The van der Waals surface area contributed by atoms with Crippen molar-refractivity contribution in [1.82, 2.24) is 14.5 Å². The lowest BCUT2D eigenvalue weighted by Crippen LogP contribution is -2.25. The second-order valence-corrected chi connectivity index (χ2v) is 7.43. The molecule has 6 heteroatoms. The van der Waals surface area contributed by atoms with Crippen molar-refractivity contribution in [1.29, 1.82) is 0 Å². The molecule has 3 aromatic rings. The van der Waals surface area contributed by atoms with Crippen molar-refractivity contribution in [2.24, 2.45) is 0 Å². The Labute approximate surface area is 158 Å². The van der Waals surface area contributed by atoms with Gasteiger partial charge in [-0.25, -0.2) is 9.97 Å². The van der Waals surface area contributed by atoms with Crippen LogP contribution < -0.4 is 9.47 Å². The molecule has 3 aromatic heterocycles. The van der Waals surface area contributed by atoms with Crippen molar-refractivity contribution < 1.29 is 14.6 Å². The summed E-state index contributed by atoms with van der Waals surface area (Å²) >= 11 is 0. The van der Waals surface area contributed by atoms with Gasteiger partial charge in [-0.1, -0.05) is 13.8 Å². The fourth-order valence-electron chi connectivity index (χ4n) is 3.73. The SMILES string of the molecule is COc1nc(C(C)C)ccc1-c1nc2c(C)cn3c2c(c1C)OC[C@H]3CO. The Balaban J connectivity index is 1.97. The number of aliphatic hydroxyl groups is 1. The zero-order chi connectivity index (χ0) is 19.3. The quantitative estimate of drug-likeness (QED) is 0.760. The van der Waals surface area contributed by atoms with Crippen LogP contribution in [-0.4, -0.2) is 40.0 Å². The largest absolute Gasteiger partial charge is 0.489 e. The number of hydrogen-bond acceptors (Lipinski definition) is 5. The molecule has 0 saturated heterocycles. The Hall–Kier alpha value is -2.60. The molecule has 4 heterocycles. The van der Waals surface area contributed by atoms with E-state index in [2.05, 4.69) is 23.4 Å². The summed E-state index contributed by atoms with van der Waals surface area (Å²) in [6, 6.07) is 3.98. The van der Waals surface area contributed by atoms with Crippen LogP contribution in [0.25, 0.3) is 22.3 Å². The van der Waals surface area contributed by atoms with Crippen LogP contribution in [0.1, 0.15) is 42.6 Å². The van der Waals surface area contributed by atoms with Crippen LogP contribution in [-0.2, 0) is 0 Å². The van der Waals surface area contributed by atoms with Crippen LogP contribution >= 0.6 is 0 Å². The summed E-state index contributed by atoms with van der Waals surface area (Å²) in [5.41, 5.74) is 6.51. The van der Waals surface area contributed by atoms with Gasteiger partial charge < -0.3 is 19.1 Å². The summed E-state index contributed by atoms with van der Waals surface area (Å²) in [5, 5.41) is 9.67. The number of aliphatic hydroxyl groups excluding tert-OH is 1. The van der Waals surface area contributed by atoms with Gasteiger partial charge in [-0.05, 0) is 37.5 Å². The summed E-state index contributed by atoms with van der Waals surface area (Å²) in [7, 11) is 1.64. The number of ether oxygens (including phenoxy) is 2. The lowest BCUT2D eigenvalue weighted by Gasteiger charge is -2.26. The highest BCUT2D eigenvalue weighted by molar-refractivity contribution is 5.91. The molecule has 0 aliphatic carbocycles. The first-order valence-electron chi connectivity index (χ1n) is 9.27. The maximum atomic E-state index is 9.67. The Kier molecular flexibility index (Phi) is 4.30. The molecule has 0 saturated carbocycles. The van der Waals surface area contributed by atoms with E-state index in [0.29, 0.717) is 18.4 Å². The third-order valence-electron chi connectivity index (χ3n) is 5.27. The minimum Gasteiger partial charge on any atom is -0.489 e. The number of aryl methyl sites for hydroxylation is 1. The molecule has 0 unspecified atom stereocenters. The molecule has 4 rings (SSSR count). The molecule has 142 valence electrons. The van der Waals surface area contributed by atoms with E-state index in [1.165, 1.54) is 0 Å². The van der Waals surface area contributed by atoms with E-state index < -0.39 is 0 Å². The summed E-state index contributed by atoms with van der Waals surface area (Å²) in [5.74, 6) is 1.72. The molecule has 0 radical (unpaired) electrons. The molecule has 0 aromatic carbocycles. The summed E-state index contributed by atoms with van der Waals surface area (Å²) in [6.07, 6.45) is 2.05. The molecular weight excluding hydrogens is 342 g/mol. The number of methoxy groups -OCH3 is 1. The molecule has 0 spiro atoms. The number of pyridine rings is 2. The summed E-state index contributed by atoms with van der Waals surface area (Å²) in [6.45, 7) is 8.75. The minimum atomic E-state index is -0.0812. The Morgan fingerprint density at radius 2 is 2.07 bits per heavy atom. The average Bonchev–Trinajstić information content (AvgIpc) is 3.00. The molecule has 0 fully saturated rings. The highest BCUT2D eigenvalue weighted by atomic mass is 16.5. The predicted molar refractivity (Wildman–Crippen MR) is 105 cm³/mol. The summed E-state index contributed by atoms with van der Waals surface area (Å²) in [4.78, 5) is 9.63. The van der Waals surface area contributed by atoms with Gasteiger partial charge in [0.1, 0.15) is 17.9 Å². The molecule has 1 aliphatic rings. The van der Waals surface area contributed by atoms with Crippen LogP contribution in [0.5, 0.6) is 11.6 Å². The van der Waals surface area contributed by atoms with Gasteiger partial charge in [0.15, 0.2) is 0 Å². The monoisotopic (exact) mass is 367 g/mol. The second kappa shape index (κ2) is 6.53. The Morgan fingerprint density at radius 1 is 1.30 bits per heavy atom. The molecule has 0 amide bonds. The van der Waals surface area contributed by atoms with Gasteiger partial charge in [-0.3, -0.25) is 0 Å². The fourth-order valence-corrected chi connectivity index (χ4v) is 3.73. The zero-order valence-corrected chi connectivity index (χ0v) is 16.4. The van der Waals surface area contributed by atoms with Gasteiger partial charge in [0, 0.05) is 17.5 Å². The number of aromatic nitrogens is 3. The van der Waals surface area contributed by atoms with E-state index in [9.17, 15) is 5.11 Å². The third kappa shape index (κ3) is 2.67. The van der Waals surface area contributed by atoms with Crippen LogP contribution in [0, 0.1) is 13.8 Å². The lowest BCUT2D eigenvalue weighted by molar-refractivity contribution is 0.158. The standard InChI is InChI=1S/C21H25N3O3/c1-11(2)16-7-6-15(21(22-16)26-5)18-13(4)20-19-17(23-18)12(3)8-24(19)14(9-25)10-27-20/h6-8,11,14,25H,9-10H2,1-5H3/t14-/m1/s1. The predicted octanol–water partition coefficient (Wildman–Crippen LogP) is 3.77. The zero-order valence-electron chi connectivity index (χ0n) is 16.4. The molecule has 1 N–H and O–H groups in total. The Morgan fingerprint density at radius 3 is 2.74 bits per heavy atom. The van der Waals surface area contributed by atoms with Crippen molar-refractivity contribution >= 4 is 11.0 Å². The molecule has 1 atom stereocenters. The van der Waals surface area contributed by atoms with Crippen molar-refractivity contribution in [2.75, 3.05) is 20.3 Å². The smallest absolute Gasteiger partial charge is 0.222 e. The number of rotatable bonds is 4. The first-order valence-corrected chi connectivity index (χ1v) is 9.27. The maximum absolute atomic E-state index is 9.67. The first kappa shape index (κ1) is 17.8. The average molecular weight is 367 g/mol. The normalized spacial score (nSPS) is 16.0. The van der Waals surface area contributed by atoms with Crippen LogP contribution in [0.2, 0.25) is 0 Å². The minimum absolute atomic E-state index is 0.0395. The molecule has 1 aliphatic heterocycles. The Bertz CT molecular complexity index is 1020. The second-order valence-electron chi connectivity index (χ2n) is 7.43. The molecule has 6 nitrogen and oxygen atoms in total. The van der Waals surface area contributed by atoms with E-state index >= 15 is 0 Å². The van der Waals surface area contributed by atoms with Gasteiger partial charge in [0.25, 0.3) is 0 Å². The van der Waals surface area contributed by atoms with E-state index in [4.69, 9.17) is 14.5 Å². The maximum Gasteiger partial charge on any atom is 0.222 e. The summed E-state index contributed by atoms with van der Waals surface area (Å²) < 4.78 is 13.7. The highest BCUT2D eigenvalue weighted by Crippen LogP contribution is 2.42. The van der Waals surface area contributed by atoms with Crippen molar-refractivity contribution in [3.8, 4) is 22.9 Å². The van der Waals surface area contributed by atoms with Gasteiger partial charge in [0.05, 0.1) is 36.5 Å². The van der Waals surface area contributed by atoms with E-state index in [1.807, 2.05) is 32.2 Å². The van der Waals surface area contributed by atoms with Crippen LogP contribution in [0.4, 0.5) is 0 Å². The van der Waals surface area contributed by atoms with Crippen LogP contribution in [0.3, 0.4) is 0 Å². The number of hydrogen-bond donors (Lipinski definition) is 1. The highest BCUT2D eigenvalue weighted by Gasteiger charge is 2.28. The topological polar surface area (TPSA) is 69.4 Å². The van der Waals surface area contributed by atoms with Gasteiger partial charge in [-0.2, -0.15) is 0 Å². The first-order chi connectivity index (χ1) is 13.0. The third-order valence-corrected chi connectivity index (χ3v) is 5.27. The van der Waals surface area contributed by atoms with E-state index in [0.717, 1.165) is 44.9 Å². The van der Waals surface area contributed by atoms with Crippen LogP contribution in [0.15, 0.2) is 18.3 Å². The van der Waals surface area contributed by atoms with Gasteiger partial charge in [-0.15, -0.1) is 0 Å². The van der Waals surface area contributed by atoms with E-state index in [1.54, 1.807) is 7.11 Å². The fraction of sp³-hybridized carbons (Fsp3) is 0.429. The van der Waals surface area contributed by atoms with Gasteiger partial charge >= 0.3 is 0 Å². The van der Waals surface area contributed by atoms with Crippen molar-refractivity contribution in [2.45, 2.75) is 39.7 Å². The molecule has 27 heavy (non-hydrogen) atoms. The molecular formula is C21H25N3O3. The van der Waals surface area contributed by atoms with Crippen molar-refractivity contribution in [3.63, 3.8) is 0 Å². The van der Waals surface area contributed by atoms with E-state index in [-0.39, 0.29) is 12.6 Å². The molecule has 0 bridgehead atoms. The van der Waals surface area contributed by atoms with Crippen molar-refractivity contribution in [3.05, 3.63) is 35.2 Å². The lowest BCUT2D eigenvalue weighted by atomic mass is 10.0.